The minimum atomic E-state index is 0.0187. The molecule has 3 rings (SSSR count). The molecule has 126 valence electrons. The summed E-state index contributed by atoms with van der Waals surface area (Å²) in [4.78, 5) is 20.9. The lowest BCUT2D eigenvalue weighted by molar-refractivity contribution is -0.128. The van der Waals surface area contributed by atoms with Crippen molar-refractivity contribution in [3.8, 4) is 0 Å². The molecule has 1 aliphatic heterocycles. The number of hydrogen-bond acceptors (Lipinski definition) is 5. The summed E-state index contributed by atoms with van der Waals surface area (Å²) < 4.78 is 5.35. The number of nitrogens with zero attached hydrogens (tertiary/aromatic N) is 2. The maximum Gasteiger partial charge on any atom is 0.225 e. The number of carbonyl (C=O) groups excluding carboxylic acids is 1. The van der Waals surface area contributed by atoms with E-state index in [-0.39, 0.29) is 11.8 Å². The van der Waals surface area contributed by atoms with E-state index in [2.05, 4.69) is 15.3 Å². The number of rotatable bonds is 6. The van der Waals surface area contributed by atoms with Gasteiger partial charge in [0.15, 0.2) is 5.16 Å². The molecule has 0 bridgehead atoms. The van der Waals surface area contributed by atoms with Crippen LogP contribution in [-0.2, 0) is 16.0 Å². The Morgan fingerprint density at radius 1 is 1.22 bits per heavy atom. The zero-order valence-corrected chi connectivity index (χ0v) is 14.3. The predicted octanol–water partition coefficient (Wildman–Crippen LogP) is 2.60. The molecule has 23 heavy (non-hydrogen) atoms. The van der Waals surface area contributed by atoms with Gasteiger partial charge in [0, 0.05) is 30.8 Å². The van der Waals surface area contributed by atoms with Crippen LogP contribution in [0.1, 0.15) is 44.1 Å². The van der Waals surface area contributed by atoms with Crippen molar-refractivity contribution >= 4 is 17.7 Å². The third kappa shape index (κ3) is 5.18. The molecule has 5 nitrogen and oxygen atoms in total. The van der Waals surface area contributed by atoms with Crippen LogP contribution in [0.25, 0.3) is 0 Å². The van der Waals surface area contributed by atoms with Crippen molar-refractivity contribution in [3.63, 3.8) is 0 Å². The maximum absolute atomic E-state index is 12.0. The Balaban J connectivity index is 1.38. The van der Waals surface area contributed by atoms with E-state index in [1.54, 1.807) is 11.8 Å². The number of aromatic nitrogens is 2. The second-order valence-electron chi connectivity index (χ2n) is 6.35. The van der Waals surface area contributed by atoms with E-state index >= 15 is 0 Å². The van der Waals surface area contributed by atoms with Gasteiger partial charge in [-0.15, -0.1) is 0 Å². The molecule has 1 aromatic rings. The topological polar surface area (TPSA) is 64.1 Å². The molecule has 0 aromatic carbocycles. The van der Waals surface area contributed by atoms with Crippen molar-refractivity contribution < 1.29 is 9.53 Å². The molecule has 2 heterocycles. The minimum Gasteiger partial charge on any atom is -0.381 e. The Kier molecular flexibility index (Phi) is 6.28. The zero-order valence-electron chi connectivity index (χ0n) is 13.5. The number of ether oxygens (including phenoxy) is 1. The predicted molar refractivity (Wildman–Crippen MR) is 90.4 cm³/mol. The van der Waals surface area contributed by atoms with Gasteiger partial charge in [-0.2, -0.15) is 0 Å². The minimum absolute atomic E-state index is 0.0187. The van der Waals surface area contributed by atoms with Crippen molar-refractivity contribution in [1.29, 1.82) is 0 Å². The molecule has 1 aromatic heterocycles. The number of thioether (sulfide) groups is 1. The SMILES string of the molecule is O=C(NCCc1cnc(SC2CCCC2)nc1)C1CCCOC1. The molecule has 0 radical (unpaired) electrons. The third-order valence-electron chi connectivity index (χ3n) is 4.50. The summed E-state index contributed by atoms with van der Waals surface area (Å²) in [5.41, 5.74) is 1.07. The van der Waals surface area contributed by atoms with Crippen molar-refractivity contribution in [2.75, 3.05) is 19.8 Å². The van der Waals surface area contributed by atoms with Crippen LogP contribution in [0.2, 0.25) is 0 Å². The van der Waals surface area contributed by atoms with E-state index in [0.717, 1.165) is 36.6 Å². The zero-order chi connectivity index (χ0) is 15.9. The summed E-state index contributed by atoms with van der Waals surface area (Å²) in [5, 5.41) is 4.57. The lowest BCUT2D eigenvalue weighted by atomic mass is 10.0. The molecular formula is C17H25N3O2S. The van der Waals surface area contributed by atoms with Gasteiger partial charge in [-0.3, -0.25) is 4.79 Å². The number of hydrogen-bond donors (Lipinski definition) is 1. The fourth-order valence-corrected chi connectivity index (χ4v) is 4.20. The molecule has 1 amide bonds. The van der Waals surface area contributed by atoms with E-state index in [1.807, 2.05) is 12.4 Å². The number of carbonyl (C=O) groups is 1. The standard InChI is InChI=1S/C17H25N3O2S/c21-16(14-4-3-9-22-12-14)18-8-7-13-10-19-17(20-11-13)23-15-5-1-2-6-15/h10-11,14-15H,1-9,12H2,(H,18,21). The molecule has 1 unspecified atom stereocenters. The van der Waals surface area contributed by atoms with E-state index < -0.39 is 0 Å². The molecule has 1 N–H and O–H groups in total. The molecule has 1 atom stereocenters. The van der Waals surface area contributed by atoms with E-state index in [4.69, 9.17) is 4.74 Å². The lowest BCUT2D eigenvalue weighted by Crippen LogP contribution is -2.36. The monoisotopic (exact) mass is 335 g/mol. The van der Waals surface area contributed by atoms with Crippen LogP contribution in [0.15, 0.2) is 17.6 Å². The van der Waals surface area contributed by atoms with Gasteiger partial charge in [0.1, 0.15) is 0 Å². The van der Waals surface area contributed by atoms with Gasteiger partial charge < -0.3 is 10.1 Å². The first-order chi connectivity index (χ1) is 11.3. The molecule has 1 aliphatic carbocycles. The molecule has 1 saturated carbocycles. The van der Waals surface area contributed by atoms with Gasteiger partial charge in [0.2, 0.25) is 5.91 Å². The Bertz CT molecular complexity index is 497. The Morgan fingerprint density at radius 3 is 2.70 bits per heavy atom. The summed E-state index contributed by atoms with van der Waals surface area (Å²) in [6.45, 7) is 1.97. The van der Waals surface area contributed by atoms with Crippen LogP contribution in [0.3, 0.4) is 0 Å². The van der Waals surface area contributed by atoms with Crippen molar-refractivity contribution in [3.05, 3.63) is 18.0 Å². The summed E-state index contributed by atoms with van der Waals surface area (Å²) in [7, 11) is 0. The van der Waals surface area contributed by atoms with E-state index in [9.17, 15) is 4.79 Å². The molecule has 6 heteroatoms. The Morgan fingerprint density at radius 2 is 2.00 bits per heavy atom. The first-order valence-corrected chi connectivity index (χ1v) is 9.52. The summed E-state index contributed by atoms with van der Waals surface area (Å²) in [6, 6.07) is 0. The third-order valence-corrected chi connectivity index (χ3v) is 5.73. The van der Waals surface area contributed by atoms with Crippen LogP contribution in [0.4, 0.5) is 0 Å². The highest BCUT2D eigenvalue weighted by Gasteiger charge is 2.21. The lowest BCUT2D eigenvalue weighted by Gasteiger charge is -2.21. The fourth-order valence-electron chi connectivity index (χ4n) is 3.11. The summed E-state index contributed by atoms with van der Waals surface area (Å²) >= 11 is 1.80. The molecule has 2 aliphatic rings. The highest BCUT2D eigenvalue weighted by molar-refractivity contribution is 7.99. The number of amides is 1. The van der Waals surface area contributed by atoms with E-state index in [1.165, 1.54) is 25.7 Å². The van der Waals surface area contributed by atoms with Crippen LogP contribution in [0, 0.1) is 5.92 Å². The fraction of sp³-hybridized carbons (Fsp3) is 0.706. The summed E-state index contributed by atoms with van der Waals surface area (Å²) in [5.74, 6) is 0.129. The van der Waals surface area contributed by atoms with Crippen LogP contribution >= 0.6 is 11.8 Å². The van der Waals surface area contributed by atoms with Gasteiger partial charge in [-0.05, 0) is 37.7 Å². The van der Waals surface area contributed by atoms with Gasteiger partial charge in [0.05, 0.1) is 12.5 Å². The van der Waals surface area contributed by atoms with Crippen LogP contribution in [0.5, 0.6) is 0 Å². The highest BCUT2D eigenvalue weighted by atomic mass is 32.2. The maximum atomic E-state index is 12.0. The molecule has 0 spiro atoms. The summed E-state index contributed by atoms with van der Waals surface area (Å²) in [6.07, 6.45) is 11.7. The van der Waals surface area contributed by atoms with Crippen molar-refractivity contribution in [2.45, 2.75) is 55.4 Å². The Labute approximate surface area is 142 Å². The second kappa shape index (κ2) is 8.64. The Hall–Kier alpha value is -1.14. The molecular weight excluding hydrogens is 310 g/mol. The molecule has 1 saturated heterocycles. The van der Waals surface area contributed by atoms with Gasteiger partial charge in [-0.25, -0.2) is 9.97 Å². The van der Waals surface area contributed by atoms with Crippen LogP contribution < -0.4 is 5.32 Å². The second-order valence-corrected chi connectivity index (χ2v) is 7.62. The largest absolute Gasteiger partial charge is 0.381 e. The number of nitrogens with one attached hydrogen (secondary N) is 1. The molecule has 2 fully saturated rings. The van der Waals surface area contributed by atoms with Crippen molar-refractivity contribution in [2.24, 2.45) is 5.92 Å². The van der Waals surface area contributed by atoms with E-state index in [0.29, 0.717) is 18.4 Å². The van der Waals surface area contributed by atoms with Gasteiger partial charge in [-0.1, -0.05) is 24.6 Å². The normalized spacial score (nSPS) is 22.2. The van der Waals surface area contributed by atoms with Crippen molar-refractivity contribution in [1.82, 2.24) is 15.3 Å². The highest BCUT2D eigenvalue weighted by Crippen LogP contribution is 2.32. The smallest absolute Gasteiger partial charge is 0.225 e. The average Bonchev–Trinajstić information content (AvgIpc) is 3.10. The van der Waals surface area contributed by atoms with Gasteiger partial charge in [0.25, 0.3) is 0 Å². The van der Waals surface area contributed by atoms with Crippen LogP contribution in [-0.4, -0.2) is 40.9 Å². The van der Waals surface area contributed by atoms with Gasteiger partial charge >= 0.3 is 0 Å². The quantitative estimate of drug-likeness (QED) is 0.810. The average molecular weight is 335 g/mol. The first kappa shape index (κ1) is 16.7. The first-order valence-electron chi connectivity index (χ1n) is 8.64.